The fourth-order valence-electron chi connectivity index (χ4n) is 4.57. The number of aromatic nitrogens is 1. The summed E-state index contributed by atoms with van der Waals surface area (Å²) in [5.74, 6) is -1.71. The Morgan fingerprint density at radius 1 is 1.03 bits per heavy atom. The number of carbonyl (C=O) groups is 3. The van der Waals surface area contributed by atoms with Crippen LogP contribution in [0.25, 0.3) is 10.9 Å². The number of hydrogen-bond donors (Lipinski definition) is 3. The van der Waals surface area contributed by atoms with Crippen LogP contribution in [0.4, 0.5) is 0 Å². The van der Waals surface area contributed by atoms with E-state index in [9.17, 15) is 14.4 Å². The topological polar surface area (TPSA) is 135 Å². The van der Waals surface area contributed by atoms with Crippen LogP contribution >= 0.6 is 0 Å². The molecule has 0 amide bonds. The van der Waals surface area contributed by atoms with Gasteiger partial charge in [0.2, 0.25) is 0 Å². The van der Waals surface area contributed by atoms with Gasteiger partial charge in [-0.05, 0) is 56.6 Å². The number of nitrogens with zero attached hydrogens (tertiary/aromatic N) is 2. The van der Waals surface area contributed by atoms with E-state index in [1.165, 1.54) is 0 Å². The van der Waals surface area contributed by atoms with Crippen molar-refractivity contribution in [3.63, 3.8) is 0 Å². The summed E-state index contributed by atoms with van der Waals surface area (Å²) in [6, 6.07) is 15.8. The third-order valence-electron chi connectivity index (χ3n) is 6.36. The average molecular weight is 508 g/mol. The highest BCUT2D eigenvalue weighted by Gasteiger charge is 2.22. The molecule has 1 aliphatic rings. The highest BCUT2D eigenvalue weighted by molar-refractivity contribution is 6.17. The molecule has 2 aromatic carbocycles. The lowest BCUT2D eigenvalue weighted by molar-refractivity contribution is -0.134. The molecule has 1 saturated heterocycles. The van der Waals surface area contributed by atoms with Gasteiger partial charge in [0, 0.05) is 60.0 Å². The van der Waals surface area contributed by atoms with Gasteiger partial charge in [-0.15, -0.1) is 0 Å². The maximum atomic E-state index is 13.4. The molecular weight excluding hydrogens is 474 g/mol. The van der Waals surface area contributed by atoms with Gasteiger partial charge >= 0.3 is 11.9 Å². The molecule has 4 rings (SSSR count). The van der Waals surface area contributed by atoms with Gasteiger partial charge < -0.3 is 30.2 Å². The second-order valence-corrected chi connectivity index (χ2v) is 8.90. The third kappa shape index (κ3) is 7.28. The number of rotatable bonds is 8. The zero-order valence-electron chi connectivity index (χ0n) is 21.1. The molecule has 1 aromatic heterocycles. The first-order valence-electron chi connectivity index (χ1n) is 12.1. The number of carbonyl (C=O) groups excluding carboxylic acids is 1. The number of hydrogen-bond acceptors (Lipinski definition) is 6. The van der Waals surface area contributed by atoms with Gasteiger partial charge in [-0.2, -0.15) is 0 Å². The molecule has 1 unspecified atom stereocenters. The van der Waals surface area contributed by atoms with E-state index < -0.39 is 11.9 Å². The molecular formula is C28H33N3O6. The number of nitrogens with two attached hydrogens (primary N) is 1. The van der Waals surface area contributed by atoms with Crippen molar-refractivity contribution in [2.45, 2.75) is 32.4 Å². The first kappa shape index (κ1) is 27.6. The molecule has 0 saturated carbocycles. The Labute approximate surface area is 215 Å². The van der Waals surface area contributed by atoms with E-state index in [1.807, 2.05) is 42.5 Å². The van der Waals surface area contributed by atoms with E-state index in [0.29, 0.717) is 17.7 Å². The van der Waals surface area contributed by atoms with Crippen molar-refractivity contribution in [2.24, 2.45) is 5.73 Å². The van der Waals surface area contributed by atoms with Crippen LogP contribution in [0.5, 0.6) is 5.75 Å². The Bertz CT molecular complexity index is 1260. The van der Waals surface area contributed by atoms with Crippen molar-refractivity contribution in [2.75, 3.05) is 26.7 Å². The molecule has 0 radical (unpaired) electrons. The highest BCUT2D eigenvalue weighted by atomic mass is 16.5. The summed E-state index contributed by atoms with van der Waals surface area (Å²) in [6.07, 6.45) is 3.39. The maximum absolute atomic E-state index is 13.4. The lowest BCUT2D eigenvalue weighted by Crippen LogP contribution is -2.43. The number of piperidine rings is 1. The fourth-order valence-corrected chi connectivity index (χ4v) is 4.57. The van der Waals surface area contributed by atoms with Gasteiger partial charge in [0.05, 0.1) is 12.7 Å². The number of aliphatic carboxylic acids is 2. The monoisotopic (exact) mass is 507 g/mol. The van der Waals surface area contributed by atoms with Crippen LogP contribution in [0, 0.1) is 6.92 Å². The van der Waals surface area contributed by atoms with Crippen LogP contribution in [-0.2, 0) is 16.1 Å². The van der Waals surface area contributed by atoms with E-state index in [2.05, 4.69) is 22.5 Å². The number of ether oxygens (including phenoxy) is 1. The number of benzene rings is 2. The number of likely N-dealkylation sites (tertiary alicyclic amines) is 1. The van der Waals surface area contributed by atoms with Crippen LogP contribution < -0.4 is 10.5 Å². The second kappa shape index (κ2) is 12.8. The number of carboxylic acid groups (broad SMARTS) is 2. The molecule has 1 atom stereocenters. The molecule has 0 spiro atoms. The maximum Gasteiger partial charge on any atom is 0.328 e. The lowest BCUT2D eigenvalue weighted by Gasteiger charge is -2.30. The number of carboxylic acids is 2. The van der Waals surface area contributed by atoms with E-state index >= 15 is 0 Å². The van der Waals surface area contributed by atoms with Crippen molar-refractivity contribution in [3.05, 3.63) is 77.5 Å². The Morgan fingerprint density at radius 3 is 2.27 bits per heavy atom. The van der Waals surface area contributed by atoms with Gasteiger partial charge in [0.15, 0.2) is 5.78 Å². The van der Waals surface area contributed by atoms with Crippen LogP contribution in [-0.4, -0.2) is 70.2 Å². The van der Waals surface area contributed by atoms with Crippen LogP contribution in [0.1, 0.15) is 34.5 Å². The molecule has 0 aliphatic carbocycles. The molecule has 1 aliphatic heterocycles. The number of fused-ring (bicyclic) bond motifs is 1. The van der Waals surface area contributed by atoms with Crippen LogP contribution in [0.3, 0.4) is 0 Å². The molecule has 1 fully saturated rings. The van der Waals surface area contributed by atoms with Crippen molar-refractivity contribution >= 4 is 28.6 Å². The Morgan fingerprint density at radius 2 is 1.68 bits per heavy atom. The largest absolute Gasteiger partial charge is 0.497 e. The molecule has 9 heteroatoms. The zero-order valence-corrected chi connectivity index (χ0v) is 21.1. The SMILES string of the molecule is COc1ccc(C(=O)c2c(C)n(CCN3CCCC(N)C3)c3ccccc23)cc1.O=C(O)C=CC(=O)O. The molecule has 0 bridgehead atoms. The first-order valence-corrected chi connectivity index (χ1v) is 12.1. The zero-order chi connectivity index (χ0) is 26.9. The smallest absolute Gasteiger partial charge is 0.328 e. The third-order valence-corrected chi connectivity index (χ3v) is 6.36. The minimum Gasteiger partial charge on any atom is -0.497 e. The Hall–Kier alpha value is -3.95. The number of para-hydroxylation sites is 1. The summed E-state index contributed by atoms with van der Waals surface area (Å²) < 4.78 is 7.50. The van der Waals surface area contributed by atoms with E-state index in [0.717, 1.165) is 66.9 Å². The standard InChI is InChI=1S/C24H29N3O2.C4H4O4/c1-17-23(24(28)18-9-11-20(29-2)12-10-18)21-7-3-4-8-22(21)27(17)15-14-26-13-5-6-19(25)16-26;5-3(6)1-2-4(7)8/h3-4,7-12,19H,5-6,13-16,25H2,1-2H3;1-2H,(H,5,6)(H,7,8). The predicted octanol–water partition coefficient (Wildman–Crippen LogP) is 3.32. The van der Waals surface area contributed by atoms with Gasteiger partial charge in [-0.25, -0.2) is 9.59 Å². The Balaban J connectivity index is 0.000000414. The van der Waals surface area contributed by atoms with Crippen molar-refractivity contribution < 1.29 is 29.3 Å². The quantitative estimate of drug-likeness (QED) is 0.312. The van der Waals surface area contributed by atoms with E-state index in [1.54, 1.807) is 7.11 Å². The van der Waals surface area contributed by atoms with Crippen molar-refractivity contribution in [3.8, 4) is 5.75 Å². The average Bonchev–Trinajstić information content (AvgIpc) is 3.17. The molecule has 9 nitrogen and oxygen atoms in total. The van der Waals surface area contributed by atoms with E-state index in [-0.39, 0.29) is 11.8 Å². The van der Waals surface area contributed by atoms with Gasteiger partial charge in [-0.1, -0.05) is 18.2 Å². The summed E-state index contributed by atoms with van der Waals surface area (Å²) >= 11 is 0. The minimum atomic E-state index is -1.26. The molecule has 2 heterocycles. The summed E-state index contributed by atoms with van der Waals surface area (Å²) in [7, 11) is 1.63. The predicted molar refractivity (Wildman–Crippen MR) is 141 cm³/mol. The van der Waals surface area contributed by atoms with E-state index in [4.69, 9.17) is 20.7 Å². The van der Waals surface area contributed by atoms with Crippen molar-refractivity contribution in [1.29, 1.82) is 0 Å². The fraction of sp³-hybridized carbons (Fsp3) is 0.321. The summed E-state index contributed by atoms with van der Waals surface area (Å²) in [4.78, 5) is 34.9. The summed E-state index contributed by atoms with van der Waals surface area (Å²) in [6.45, 7) is 5.91. The van der Waals surface area contributed by atoms with Gasteiger partial charge in [-0.3, -0.25) is 4.79 Å². The van der Waals surface area contributed by atoms with Gasteiger partial charge in [0.1, 0.15) is 5.75 Å². The normalized spacial score (nSPS) is 15.8. The molecule has 37 heavy (non-hydrogen) atoms. The van der Waals surface area contributed by atoms with Crippen LogP contribution in [0.2, 0.25) is 0 Å². The number of methoxy groups -OCH3 is 1. The molecule has 196 valence electrons. The second-order valence-electron chi connectivity index (χ2n) is 8.90. The summed E-state index contributed by atoms with van der Waals surface area (Å²) in [5, 5.41) is 16.6. The minimum absolute atomic E-state index is 0.0556. The molecule has 3 aromatic rings. The Kier molecular flexibility index (Phi) is 9.59. The first-order chi connectivity index (χ1) is 17.7. The highest BCUT2D eigenvalue weighted by Crippen LogP contribution is 2.29. The van der Waals surface area contributed by atoms with Gasteiger partial charge in [0.25, 0.3) is 0 Å². The summed E-state index contributed by atoms with van der Waals surface area (Å²) in [5.41, 5.74) is 9.75. The lowest BCUT2D eigenvalue weighted by atomic mass is 10.0. The van der Waals surface area contributed by atoms with Crippen molar-refractivity contribution in [1.82, 2.24) is 9.47 Å². The number of ketones is 1. The molecule has 4 N–H and O–H groups in total. The van der Waals surface area contributed by atoms with Crippen LogP contribution in [0.15, 0.2) is 60.7 Å².